The van der Waals surface area contributed by atoms with Crippen molar-refractivity contribution >= 4 is 67.5 Å². The molecule has 1 heterocycles. The summed E-state index contributed by atoms with van der Waals surface area (Å²) in [6, 6.07) is 18.5. The smallest absolute Gasteiger partial charge is 0.311 e. The monoisotopic (exact) mass is 500 g/mol. The van der Waals surface area contributed by atoms with E-state index in [4.69, 9.17) is 16.3 Å². The van der Waals surface area contributed by atoms with Gasteiger partial charge in [0.15, 0.2) is 6.61 Å². The molecule has 1 aliphatic heterocycles. The molecule has 158 valence electrons. The van der Waals surface area contributed by atoms with Gasteiger partial charge in [-0.25, -0.2) is 0 Å². The minimum Gasteiger partial charge on any atom is -0.455 e. The predicted molar refractivity (Wildman–Crippen MR) is 123 cm³/mol. The second kappa shape index (κ2) is 9.08. The summed E-state index contributed by atoms with van der Waals surface area (Å²) in [6.45, 7) is -0.221. The van der Waals surface area contributed by atoms with Crippen molar-refractivity contribution in [3.05, 3.63) is 70.2 Å². The number of halogens is 2. The number of hydrogen-bond acceptors (Lipinski definition) is 4. The van der Waals surface area contributed by atoms with Crippen molar-refractivity contribution in [2.45, 2.75) is 6.42 Å². The number of fused-ring (bicyclic) bond motifs is 1. The minimum atomic E-state index is -0.624. The van der Waals surface area contributed by atoms with E-state index in [0.717, 1.165) is 16.5 Å². The molecule has 0 aliphatic carbocycles. The van der Waals surface area contributed by atoms with Crippen molar-refractivity contribution in [2.75, 3.05) is 23.4 Å². The van der Waals surface area contributed by atoms with Crippen molar-refractivity contribution in [3.8, 4) is 0 Å². The molecule has 31 heavy (non-hydrogen) atoms. The van der Waals surface area contributed by atoms with Crippen LogP contribution in [0.4, 0.5) is 11.4 Å². The fourth-order valence-corrected chi connectivity index (χ4v) is 3.99. The molecule has 2 amide bonds. The normalized spacial score (nSPS) is 15.9. The Labute approximate surface area is 192 Å². The van der Waals surface area contributed by atoms with E-state index >= 15 is 0 Å². The molecule has 1 saturated heterocycles. The van der Waals surface area contributed by atoms with Gasteiger partial charge in [-0.1, -0.05) is 48.0 Å². The van der Waals surface area contributed by atoms with Gasteiger partial charge < -0.3 is 15.0 Å². The number of carbonyl (C=O) groups is 3. The number of hydrogen-bond donors (Lipinski definition) is 1. The van der Waals surface area contributed by atoms with Crippen LogP contribution < -0.4 is 10.2 Å². The van der Waals surface area contributed by atoms with Gasteiger partial charge in [-0.3, -0.25) is 14.4 Å². The van der Waals surface area contributed by atoms with Crippen molar-refractivity contribution < 1.29 is 19.1 Å². The number of nitrogens with one attached hydrogen (secondary N) is 1. The lowest BCUT2D eigenvalue weighted by Gasteiger charge is -2.18. The fraction of sp³-hybridized carbons (Fsp3) is 0.174. The van der Waals surface area contributed by atoms with Gasteiger partial charge in [-0.15, -0.1) is 0 Å². The molecule has 3 aromatic rings. The second-order valence-corrected chi connectivity index (χ2v) is 8.45. The lowest BCUT2D eigenvalue weighted by molar-refractivity contribution is -0.151. The van der Waals surface area contributed by atoms with E-state index in [1.54, 1.807) is 23.1 Å². The summed E-state index contributed by atoms with van der Waals surface area (Å²) >= 11 is 9.28. The highest BCUT2D eigenvalue weighted by Crippen LogP contribution is 2.32. The molecule has 3 aromatic carbocycles. The number of esters is 1. The molecule has 0 bridgehead atoms. The van der Waals surface area contributed by atoms with Crippen LogP contribution in [-0.4, -0.2) is 30.9 Å². The first-order valence-corrected chi connectivity index (χ1v) is 10.8. The molecular weight excluding hydrogens is 484 g/mol. The maximum absolute atomic E-state index is 12.6. The molecule has 1 aliphatic rings. The van der Waals surface area contributed by atoms with Crippen molar-refractivity contribution in [3.63, 3.8) is 0 Å². The van der Waals surface area contributed by atoms with E-state index in [1.165, 1.54) is 0 Å². The quantitative estimate of drug-likeness (QED) is 0.510. The van der Waals surface area contributed by atoms with Gasteiger partial charge in [0.1, 0.15) is 0 Å². The molecule has 8 heteroatoms. The molecule has 0 saturated carbocycles. The van der Waals surface area contributed by atoms with Crippen LogP contribution in [0.3, 0.4) is 0 Å². The number of benzene rings is 3. The highest BCUT2D eigenvalue weighted by Gasteiger charge is 2.36. The number of carbonyl (C=O) groups excluding carboxylic acids is 3. The molecule has 1 fully saturated rings. The van der Waals surface area contributed by atoms with Gasteiger partial charge in [0.2, 0.25) is 5.91 Å². The van der Waals surface area contributed by atoms with Gasteiger partial charge in [-0.05, 0) is 45.6 Å². The third kappa shape index (κ3) is 4.73. The molecule has 0 spiro atoms. The van der Waals surface area contributed by atoms with Crippen LogP contribution in [0.15, 0.2) is 65.1 Å². The first-order chi connectivity index (χ1) is 14.9. The molecule has 6 nitrogen and oxygen atoms in total. The zero-order chi connectivity index (χ0) is 22.0. The van der Waals surface area contributed by atoms with E-state index in [2.05, 4.69) is 21.2 Å². The Morgan fingerprint density at radius 3 is 2.71 bits per heavy atom. The Hall–Kier alpha value is -2.90. The first-order valence-electron chi connectivity index (χ1n) is 9.62. The van der Waals surface area contributed by atoms with Gasteiger partial charge in [0.25, 0.3) is 5.91 Å². The van der Waals surface area contributed by atoms with Crippen molar-refractivity contribution in [1.29, 1.82) is 0 Å². The Morgan fingerprint density at radius 1 is 1.13 bits per heavy atom. The maximum Gasteiger partial charge on any atom is 0.311 e. The van der Waals surface area contributed by atoms with Crippen LogP contribution in [0.2, 0.25) is 5.02 Å². The summed E-state index contributed by atoms with van der Waals surface area (Å²) in [5.41, 5.74) is 1.26. The van der Waals surface area contributed by atoms with Crippen LogP contribution in [-0.2, 0) is 19.1 Å². The van der Waals surface area contributed by atoms with E-state index in [9.17, 15) is 14.4 Å². The van der Waals surface area contributed by atoms with Crippen LogP contribution in [0.1, 0.15) is 6.42 Å². The standard InChI is InChI=1S/C23H18BrClN2O4/c24-18-9-8-16(11-19(18)25)26-21(28)13-31-23(30)15-10-22(29)27(12-15)20-7-3-5-14-4-1-2-6-17(14)20/h1-9,11,15H,10,12-13H2,(H,26,28)/t15-/m0/s1. The molecular formula is C23H18BrClN2O4. The number of anilines is 2. The minimum absolute atomic E-state index is 0.0476. The third-order valence-corrected chi connectivity index (χ3v) is 6.30. The van der Waals surface area contributed by atoms with E-state index in [1.807, 2.05) is 42.5 Å². The largest absolute Gasteiger partial charge is 0.455 e. The van der Waals surface area contributed by atoms with Gasteiger partial charge in [0, 0.05) is 28.5 Å². The summed E-state index contributed by atoms with van der Waals surface area (Å²) in [4.78, 5) is 38.8. The lowest BCUT2D eigenvalue weighted by atomic mass is 10.1. The van der Waals surface area contributed by atoms with E-state index < -0.39 is 24.4 Å². The SMILES string of the molecule is O=C(COC(=O)[C@H]1CC(=O)N(c2cccc3ccccc23)C1)Nc1ccc(Br)c(Cl)c1. The highest BCUT2D eigenvalue weighted by molar-refractivity contribution is 9.10. The topological polar surface area (TPSA) is 75.7 Å². The van der Waals surface area contributed by atoms with Gasteiger partial charge in [-0.2, -0.15) is 0 Å². The molecule has 1 N–H and O–H groups in total. The van der Waals surface area contributed by atoms with Gasteiger partial charge >= 0.3 is 5.97 Å². The summed E-state index contributed by atoms with van der Waals surface area (Å²) < 4.78 is 5.87. The summed E-state index contributed by atoms with van der Waals surface area (Å²) in [5.74, 6) is -1.82. The average molecular weight is 502 g/mol. The summed E-state index contributed by atoms with van der Waals surface area (Å²) in [6.07, 6.45) is 0.0476. The van der Waals surface area contributed by atoms with E-state index in [0.29, 0.717) is 15.2 Å². The zero-order valence-corrected chi connectivity index (χ0v) is 18.7. The summed E-state index contributed by atoms with van der Waals surface area (Å²) in [5, 5.41) is 5.03. The Bertz CT molecular complexity index is 1180. The number of nitrogens with zero attached hydrogens (tertiary/aromatic N) is 1. The third-order valence-electron chi connectivity index (χ3n) is 5.06. The molecule has 4 rings (SSSR count). The Morgan fingerprint density at radius 2 is 1.90 bits per heavy atom. The van der Waals surface area contributed by atoms with Crippen LogP contribution >= 0.6 is 27.5 Å². The Kier molecular flexibility index (Phi) is 6.25. The van der Waals surface area contributed by atoms with E-state index in [-0.39, 0.29) is 18.9 Å². The molecule has 0 aromatic heterocycles. The van der Waals surface area contributed by atoms with Crippen LogP contribution in [0.5, 0.6) is 0 Å². The average Bonchev–Trinajstić information content (AvgIpc) is 3.15. The van der Waals surface area contributed by atoms with Crippen molar-refractivity contribution in [1.82, 2.24) is 0 Å². The van der Waals surface area contributed by atoms with Crippen LogP contribution in [0, 0.1) is 5.92 Å². The Balaban J connectivity index is 1.37. The maximum atomic E-state index is 12.6. The number of ether oxygens (including phenoxy) is 1. The lowest BCUT2D eigenvalue weighted by Crippen LogP contribution is -2.28. The zero-order valence-electron chi connectivity index (χ0n) is 16.3. The second-order valence-electron chi connectivity index (χ2n) is 7.19. The summed E-state index contributed by atoms with van der Waals surface area (Å²) in [7, 11) is 0. The predicted octanol–water partition coefficient (Wildman–Crippen LogP) is 4.79. The first kappa shape index (κ1) is 21.3. The highest BCUT2D eigenvalue weighted by atomic mass is 79.9. The number of rotatable bonds is 5. The van der Waals surface area contributed by atoms with Crippen LogP contribution in [0.25, 0.3) is 10.8 Å². The number of amides is 2. The fourth-order valence-electron chi connectivity index (χ4n) is 3.57. The van der Waals surface area contributed by atoms with Crippen molar-refractivity contribution in [2.24, 2.45) is 5.92 Å². The molecule has 0 radical (unpaired) electrons. The molecule has 0 unspecified atom stereocenters. The molecule has 1 atom stereocenters. The van der Waals surface area contributed by atoms with Gasteiger partial charge in [0.05, 0.1) is 16.6 Å².